The summed E-state index contributed by atoms with van der Waals surface area (Å²) in [6.07, 6.45) is -3.81. The Morgan fingerprint density at radius 2 is 1.56 bits per heavy atom. The molecule has 0 bridgehead atoms. The minimum Gasteiger partial charge on any atom is -0.325 e. The van der Waals surface area contributed by atoms with Crippen LogP contribution in [0.1, 0.15) is 31.9 Å². The first-order valence-corrected chi connectivity index (χ1v) is 8.43. The number of para-hydroxylation sites is 1. The Morgan fingerprint density at radius 3 is 2.19 bits per heavy atom. The lowest BCUT2D eigenvalue weighted by Gasteiger charge is -2.23. The molecule has 0 aliphatic heterocycles. The molecule has 0 aromatic heterocycles. The summed E-state index contributed by atoms with van der Waals surface area (Å²) in [5.74, 6) is -1.25. The molecular weight excluding hydrogens is 357 g/mol. The third-order valence-corrected chi connectivity index (χ3v) is 4.23. The fourth-order valence-electron chi connectivity index (χ4n) is 2.39. The Bertz CT molecular complexity index is 845. The van der Waals surface area contributed by atoms with Gasteiger partial charge < -0.3 is 10.6 Å². The molecule has 0 atom stereocenters. The number of nitrogens with one attached hydrogen (secondary N) is 2. The van der Waals surface area contributed by atoms with Gasteiger partial charge in [-0.15, -0.1) is 0 Å². The zero-order valence-electron chi connectivity index (χ0n) is 15.3. The molecule has 2 N–H and O–H groups in total. The van der Waals surface area contributed by atoms with E-state index < -0.39 is 29.0 Å². The van der Waals surface area contributed by atoms with Crippen LogP contribution in [0, 0.1) is 5.41 Å². The first-order valence-electron chi connectivity index (χ1n) is 8.43. The molecule has 0 heterocycles. The lowest BCUT2D eigenvalue weighted by molar-refractivity contribution is -0.138. The number of carbonyl (C=O) groups is 2. The second-order valence-electron chi connectivity index (χ2n) is 6.62. The number of aryl methyl sites for hydroxylation is 1. The molecule has 0 aliphatic rings. The molecule has 0 saturated heterocycles. The highest BCUT2D eigenvalue weighted by atomic mass is 19.4. The summed E-state index contributed by atoms with van der Waals surface area (Å²) in [6, 6.07) is 11.5. The van der Waals surface area contributed by atoms with Crippen molar-refractivity contribution < 1.29 is 22.8 Å². The van der Waals surface area contributed by atoms with Gasteiger partial charge >= 0.3 is 6.18 Å². The van der Waals surface area contributed by atoms with Crippen LogP contribution >= 0.6 is 0 Å². The molecule has 7 heteroatoms. The van der Waals surface area contributed by atoms with E-state index in [4.69, 9.17) is 0 Å². The number of amides is 2. The largest absolute Gasteiger partial charge is 0.416 e. The van der Waals surface area contributed by atoms with Gasteiger partial charge in [-0.2, -0.15) is 13.2 Å². The van der Waals surface area contributed by atoms with E-state index in [1.807, 2.05) is 19.1 Å². The Balaban J connectivity index is 2.16. The Kier molecular flexibility index (Phi) is 5.93. The van der Waals surface area contributed by atoms with E-state index in [9.17, 15) is 22.8 Å². The van der Waals surface area contributed by atoms with Gasteiger partial charge in [0.1, 0.15) is 5.41 Å². The van der Waals surface area contributed by atoms with Crippen molar-refractivity contribution in [3.05, 3.63) is 59.7 Å². The topological polar surface area (TPSA) is 58.2 Å². The van der Waals surface area contributed by atoms with Crippen LogP contribution < -0.4 is 10.6 Å². The number of hydrogen-bond acceptors (Lipinski definition) is 2. The molecule has 0 spiro atoms. The summed E-state index contributed by atoms with van der Waals surface area (Å²) in [5, 5.41) is 5.11. The third kappa shape index (κ3) is 4.87. The highest BCUT2D eigenvalue weighted by Gasteiger charge is 2.37. The number of halogens is 3. The molecule has 2 rings (SSSR count). The van der Waals surface area contributed by atoms with Crippen molar-refractivity contribution in [2.24, 2.45) is 5.41 Å². The van der Waals surface area contributed by atoms with Crippen LogP contribution in [0.15, 0.2) is 48.5 Å². The Labute approximate surface area is 155 Å². The van der Waals surface area contributed by atoms with Crippen LogP contribution in [0.4, 0.5) is 24.5 Å². The maximum absolute atomic E-state index is 12.8. The molecule has 0 radical (unpaired) electrons. The van der Waals surface area contributed by atoms with Gasteiger partial charge in [0.2, 0.25) is 11.8 Å². The number of benzene rings is 2. The molecule has 0 unspecified atom stereocenters. The van der Waals surface area contributed by atoms with E-state index in [1.54, 1.807) is 12.1 Å². The quantitative estimate of drug-likeness (QED) is 0.729. The van der Waals surface area contributed by atoms with Crippen LogP contribution in [0.2, 0.25) is 0 Å². The lowest BCUT2D eigenvalue weighted by atomic mass is 9.90. The van der Waals surface area contributed by atoms with Crippen molar-refractivity contribution in [2.75, 3.05) is 10.6 Å². The first kappa shape index (κ1) is 20.5. The standard InChI is InChI=1S/C20H21F3N2O2/c1-4-13-8-5-6-11-16(13)25-18(27)19(2,3)17(26)24-15-10-7-9-14(12-15)20(21,22)23/h5-12H,4H2,1-3H3,(H,24,26)(H,25,27). The number of anilines is 2. The molecule has 144 valence electrons. The minimum atomic E-state index is -4.52. The first-order chi connectivity index (χ1) is 12.6. The van der Waals surface area contributed by atoms with Crippen molar-refractivity contribution in [3.63, 3.8) is 0 Å². The molecule has 4 nitrogen and oxygen atoms in total. The number of rotatable bonds is 5. The maximum atomic E-state index is 12.8. The third-order valence-electron chi connectivity index (χ3n) is 4.23. The van der Waals surface area contributed by atoms with Crippen molar-refractivity contribution in [3.8, 4) is 0 Å². The predicted molar refractivity (Wildman–Crippen MR) is 98.3 cm³/mol. The van der Waals surface area contributed by atoms with Crippen molar-refractivity contribution in [1.29, 1.82) is 0 Å². The number of alkyl halides is 3. The average Bonchev–Trinajstić information content (AvgIpc) is 2.61. The van der Waals surface area contributed by atoms with Gasteiger partial charge in [0.25, 0.3) is 0 Å². The van der Waals surface area contributed by atoms with Gasteiger partial charge in [0.15, 0.2) is 0 Å². The van der Waals surface area contributed by atoms with E-state index >= 15 is 0 Å². The van der Waals surface area contributed by atoms with E-state index in [0.717, 1.165) is 17.7 Å². The maximum Gasteiger partial charge on any atom is 0.416 e. The molecule has 2 amide bonds. The van der Waals surface area contributed by atoms with Gasteiger partial charge in [-0.25, -0.2) is 0 Å². The van der Waals surface area contributed by atoms with Crippen molar-refractivity contribution >= 4 is 23.2 Å². The zero-order valence-corrected chi connectivity index (χ0v) is 15.3. The molecular formula is C20H21F3N2O2. The second-order valence-corrected chi connectivity index (χ2v) is 6.62. The summed E-state index contributed by atoms with van der Waals surface area (Å²) in [4.78, 5) is 25.1. The van der Waals surface area contributed by atoms with E-state index in [2.05, 4.69) is 10.6 Å². The summed E-state index contributed by atoms with van der Waals surface area (Å²) < 4.78 is 38.4. The molecule has 0 saturated carbocycles. The van der Waals surface area contributed by atoms with Gasteiger partial charge in [0, 0.05) is 11.4 Å². The smallest absolute Gasteiger partial charge is 0.325 e. The highest BCUT2D eigenvalue weighted by Crippen LogP contribution is 2.31. The van der Waals surface area contributed by atoms with Gasteiger partial charge in [-0.1, -0.05) is 31.2 Å². The van der Waals surface area contributed by atoms with Crippen LogP contribution in [0.3, 0.4) is 0 Å². The van der Waals surface area contributed by atoms with Gasteiger partial charge in [0.05, 0.1) is 5.56 Å². The van der Waals surface area contributed by atoms with Gasteiger partial charge in [-0.05, 0) is 50.1 Å². The Hall–Kier alpha value is -2.83. The van der Waals surface area contributed by atoms with Gasteiger partial charge in [-0.3, -0.25) is 9.59 Å². The van der Waals surface area contributed by atoms with E-state index in [0.29, 0.717) is 12.1 Å². The fourth-order valence-corrected chi connectivity index (χ4v) is 2.39. The van der Waals surface area contributed by atoms with Crippen molar-refractivity contribution in [2.45, 2.75) is 33.4 Å². The summed E-state index contributed by atoms with van der Waals surface area (Å²) in [7, 11) is 0. The summed E-state index contributed by atoms with van der Waals surface area (Å²) in [5.41, 5.74) is -0.872. The predicted octanol–water partition coefficient (Wildman–Crippen LogP) is 4.87. The Morgan fingerprint density at radius 1 is 0.926 bits per heavy atom. The van der Waals surface area contributed by atoms with Crippen LogP contribution in [-0.2, 0) is 22.2 Å². The van der Waals surface area contributed by atoms with Crippen molar-refractivity contribution in [1.82, 2.24) is 0 Å². The SMILES string of the molecule is CCc1ccccc1NC(=O)C(C)(C)C(=O)Nc1cccc(C(F)(F)F)c1. The molecule has 0 aliphatic carbocycles. The summed E-state index contributed by atoms with van der Waals surface area (Å²) in [6.45, 7) is 4.77. The molecule has 2 aromatic carbocycles. The van der Waals surface area contributed by atoms with Crippen LogP contribution in [0.25, 0.3) is 0 Å². The number of hydrogen-bond donors (Lipinski definition) is 2. The molecule has 2 aromatic rings. The summed E-state index contributed by atoms with van der Waals surface area (Å²) >= 11 is 0. The van der Waals surface area contributed by atoms with Crippen LogP contribution in [-0.4, -0.2) is 11.8 Å². The minimum absolute atomic E-state index is 0.0235. The van der Waals surface area contributed by atoms with E-state index in [1.165, 1.54) is 26.0 Å². The van der Waals surface area contributed by atoms with Crippen LogP contribution in [0.5, 0.6) is 0 Å². The average molecular weight is 378 g/mol. The van der Waals surface area contributed by atoms with E-state index in [-0.39, 0.29) is 5.69 Å². The lowest BCUT2D eigenvalue weighted by Crippen LogP contribution is -2.41. The monoisotopic (exact) mass is 378 g/mol. The fraction of sp³-hybridized carbons (Fsp3) is 0.300. The number of carbonyl (C=O) groups excluding carboxylic acids is 2. The molecule has 0 fully saturated rings. The highest BCUT2D eigenvalue weighted by molar-refractivity contribution is 6.14. The second kappa shape index (κ2) is 7.82. The normalized spacial score (nSPS) is 11.8. The molecule has 27 heavy (non-hydrogen) atoms. The zero-order chi connectivity index (χ0) is 20.2.